The van der Waals surface area contributed by atoms with Gasteiger partial charge in [-0.2, -0.15) is 0 Å². The average molecular weight is 374 g/mol. The molecule has 0 saturated carbocycles. The number of benzene rings is 2. The summed E-state index contributed by atoms with van der Waals surface area (Å²) >= 11 is 2.38. The first kappa shape index (κ1) is 12.4. The molecule has 0 aliphatic carbocycles. The van der Waals surface area contributed by atoms with Crippen molar-refractivity contribution in [1.82, 2.24) is 10.3 Å². The quantitative estimate of drug-likeness (QED) is 0.619. The first-order valence-corrected chi connectivity index (χ1v) is 7.99. The van der Waals surface area contributed by atoms with Crippen LogP contribution in [0.1, 0.15) is 22.9 Å². The standard InChI is InChI=1S/C17H15IN2/c18-12-5-3-4-11(10-12)16-17-14(8-9-19-16)13-6-1-2-7-15(13)20-17/h1-7,10,16,19-20H,8-9H2. The fourth-order valence-corrected chi connectivity index (χ4v) is 3.72. The van der Waals surface area contributed by atoms with E-state index in [1.165, 1.54) is 31.3 Å². The van der Waals surface area contributed by atoms with Crippen LogP contribution in [0.3, 0.4) is 0 Å². The largest absolute Gasteiger partial charge is 0.357 e. The minimum absolute atomic E-state index is 0.279. The Labute approximate surface area is 131 Å². The van der Waals surface area contributed by atoms with Crippen LogP contribution in [0.5, 0.6) is 0 Å². The predicted molar refractivity (Wildman–Crippen MR) is 91.0 cm³/mol. The lowest BCUT2D eigenvalue weighted by Gasteiger charge is -2.25. The summed E-state index contributed by atoms with van der Waals surface area (Å²) in [6.07, 6.45) is 1.10. The van der Waals surface area contributed by atoms with E-state index < -0.39 is 0 Å². The lowest BCUT2D eigenvalue weighted by molar-refractivity contribution is 0.560. The van der Waals surface area contributed by atoms with E-state index in [2.05, 4.69) is 81.4 Å². The molecule has 0 spiro atoms. The monoisotopic (exact) mass is 374 g/mol. The van der Waals surface area contributed by atoms with Crippen LogP contribution in [0.15, 0.2) is 48.5 Å². The molecule has 0 bridgehead atoms. The third-order valence-electron chi connectivity index (χ3n) is 4.04. The molecule has 0 saturated heterocycles. The van der Waals surface area contributed by atoms with Gasteiger partial charge in [0.15, 0.2) is 0 Å². The Balaban J connectivity index is 1.90. The number of nitrogens with one attached hydrogen (secondary N) is 2. The Morgan fingerprint density at radius 3 is 2.85 bits per heavy atom. The zero-order valence-corrected chi connectivity index (χ0v) is 13.1. The van der Waals surface area contributed by atoms with E-state index in [0.717, 1.165) is 13.0 Å². The van der Waals surface area contributed by atoms with Gasteiger partial charge in [-0.25, -0.2) is 0 Å². The first-order valence-electron chi connectivity index (χ1n) is 6.91. The molecule has 4 rings (SSSR count). The van der Waals surface area contributed by atoms with Crippen molar-refractivity contribution in [1.29, 1.82) is 0 Å². The molecule has 2 N–H and O–H groups in total. The van der Waals surface area contributed by atoms with Gasteiger partial charge in [-0.05, 0) is 58.3 Å². The normalized spacial score (nSPS) is 18.1. The molecule has 2 nitrogen and oxygen atoms in total. The molecule has 2 aromatic carbocycles. The second-order valence-electron chi connectivity index (χ2n) is 5.25. The molecule has 3 heteroatoms. The molecule has 1 aromatic heterocycles. The maximum Gasteiger partial charge on any atom is 0.0732 e. The van der Waals surface area contributed by atoms with Crippen LogP contribution in [-0.2, 0) is 6.42 Å². The lowest BCUT2D eigenvalue weighted by Crippen LogP contribution is -2.30. The molecule has 2 heterocycles. The van der Waals surface area contributed by atoms with Gasteiger partial charge in [-0.15, -0.1) is 0 Å². The van der Waals surface area contributed by atoms with Gasteiger partial charge in [-0.3, -0.25) is 0 Å². The average Bonchev–Trinajstić information content (AvgIpc) is 2.86. The summed E-state index contributed by atoms with van der Waals surface area (Å²) in [5.74, 6) is 0. The van der Waals surface area contributed by atoms with Gasteiger partial charge >= 0.3 is 0 Å². The van der Waals surface area contributed by atoms with E-state index in [0.29, 0.717) is 0 Å². The Morgan fingerprint density at radius 1 is 1.05 bits per heavy atom. The van der Waals surface area contributed by atoms with Crippen molar-refractivity contribution in [3.8, 4) is 0 Å². The molecule has 1 atom stereocenters. The van der Waals surface area contributed by atoms with Gasteiger partial charge < -0.3 is 10.3 Å². The van der Waals surface area contributed by atoms with Gasteiger partial charge in [0.25, 0.3) is 0 Å². The fourth-order valence-electron chi connectivity index (χ4n) is 3.15. The molecule has 3 aromatic rings. The third kappa shape index (κ3) is 1.96. The summed E-state index contributed by atoms with van der Waals surface area (Å²) < 4.78 is 1.28. The number of fused-ring (bicyclic) bond motifs is 3. The van der Waals surface area contributed by atoms with Crippen molar-refractivity contribution in [3.63, 3.8) is 0 Å². The first-order chi connectivity index (χ1) is 9.83. The lowest BCUT2D eigenvalue weighted by atomic mass is 9.94. The summed E-state index contributed by atoms with van der Waals surface area (Å²) in [6, 6.07) is 17.6. The van der Waals surface area contributed by atoms with Crippen molar-refractivity contribution < 1.29 is 0 Å². The van der Waals surface area contributed by atoms with E-state index in [4.69, 9.17) is 0 Å². The molecule has 0 radical (unpaired) electrons. The van der Waals surface area contributed by atoms with E-state index >= 15 is 0 Å². The van der Waals surface area contributed by atoms with Gasteiger partial charge in [0, 0.05) is 26.7 Å². The van der Waals surface area contributed by atoms with Crippen LogP contribution in [0.25, 0.3) is 10.9 Å². The summed E-state index contributed by atoms with van der Waals surface area (Å²) in [5.41, 5.74) is 5.39. The molecule has 20 heavy (non-hydrogen) atoms. The summed E-state index contributed by atoms with van der Waals surface area (Å²) in [5, 5.41) is 5.02. The van der Waals surface area contributed by atoms with Crippen molar-refractivity contribution >= 4 is 33.5 Å². The number of H-pyrrole nitrogens is 1. The molecule has 0 amide bonds. The van der Waals surface area contributed by atoms with Crippen LogP contribution < -0.4 is 5.32 Å². The number of aromatic nitrogens is 1. The highest BCUT2D eigenvalue weighted by atomic mass is 127. The van der Waals surface area contributed by atoms with Crippen LogP contribution in [0.2, 0.25) is 0 Å². The SMILES string of the molecule is Ic1cccc(C2NCCc3c2[nH]c2ccccc32)c1. The van der Waals surface area contributed by atoms with E-state index in [1.54, 1.807) is 0 Å². The maximum absolute atomic E-state index is 3.65. The van der Waals surface area contributed by atoms with Crippen LogP contribution in [0, 0.1) is 3.57 Å². The van der Waals surface area contributed by atoms with Gasteiger partial charge in [0.2, 0.25) is 0 Å². The predicted octanol–water partition coefficient (Wildman–Crippen LogP) is 4.01. The topological polar surface area (TPSA) is 27.8 Å². The Kier molecular flexibility index (Phi) is 3.04. The van der Waals surface area contributed by atoms with Crippen molar-refractivity contribution in [2.24, 2.45) is 0 Å². The molecule has 100 valence electrons. The summed E-state index contributed by atoms with van der Waals surface area (Å²) in [4.78, 5) is 3.62. The van der Waals surface area contributed by atoms with Crippen LogP contribution >= 0.6 is 22.6 Å². The number of hydrogen-bond donors (Lipinski definition) is 2. The highest BCUT2D eigenvalue weighted by Crippen LogP contribution is 2.33. The van der Waals surface area contributed by atoms with E-state index in [-0.39, 0.29) is 6.04 Å². The number of para-hydroxylation sites is 1. The van der Waals surface area contributed by atoms with Crippen molar-refractivity contribution in [2.45, 2.75) is 12.5 Å². The maximum atomic E-state index is 3.65. The number of hydrogen-bond acceptors (Lipinski definition) is 1. The second-order valence-corrected chi connectivity index (χ2v) is 6.50. The molecule has 0 fully saturated rings. The highest BCUT2D eigenvalue weighted by Gasteiger charge is 2.24. The van der Waals surface area contributed by atoms with Gasteiger partial charge in [0.1, 0.15) is 0 Å². The molecule has 1 aliphatic heterocycles. The zero-order chi connectivity index (χ0) is 13.5. The highest BCUT2D eigenvalue weighted by molar-refractivity contribution is 14.1. The molecule has 1 unspecified atom stereocenters. The minimum Gasteiger partial charge on any atom is -0.357 e. The van der Waals surface area contributed by atoms with Crippen LogP contribution in [0.4, 0.5) is 0 Å². The van der Waals surface area contributed by atoms with Gasteiger partial charge in [0.05, 0.1) is 6.04 Å². The Morgan fingerprint density at radius 2 is 1.95 bits per heavy atom. The molecular weight excluding hydrogens is 359 g/mol. The zero-order valence-electron chi connectivity index (χ0n) is 11.0. The Hall–Kier alpha value is -1.33. The van der Waals surface area contributed by atoms with Crippen molar-refractivity contribution in [3.05, 3.63) is 68.9 Å². The number of halogens is 1. The third-order valence-corrected chi connectivity index (χ3v) is 4.71. The number of aromatic amines is 1. The van der Waals surface area contributed by atoms with E-state index in [9.17, 15) is 0 Å². The van der Waals surface area contributed by atoms with E-state index in [1.807, 2.05) is 0 Å². The molecule has 1 aliphatic rings. The Bertz CT molecular complexity index is 776. The van der Waals surface area contributed by atoms with Crippen LogP contribution in [-0.4, -0.2) is 11.5 Å². The fraction of sp³-hybridized carbons (Fsp3) is 0.176. The summed E-state index contributed by atoms with van der Waals surface area (Å²) in [7, 11) is 0. The number of rotatable bonds is 1. The molecular formula is C17H15IN2. The minimum atomic E-state index is 0.279. The van der Waals surface area contributed by atoms with Gasteiger partial charge in [-0.1, -0.05) is 30.3 Å². The van der Waals surface area contributed by atoms with Crippen molar-refractivity contribution in [2.75, 3.05) is 6.54 Å². The smallest absolute Gasteiger partial charge is 0.0732 e. The second kappa shape index (κ2) is 4.90. The summed E-state index contributed by atoms with van der Waals surface area (Å²) in [6.45, 7) is 1.03.